The Morgan fingerprint density at radius 2 is 2.13 bits per heavy atom. The summed E-state index contributed by atoms with van der Waals surface area (Å²) >= 11 is 0. The Hall–Kier alpha value is -2.97. The van der Waals surface area contributed by atoms with Crippen LogP contribution in [0.3, 0.4) is 0 Å². The number of H-pyrrole nitrogens is 1. The van der Waals surface area contributed by atoms with E-state index >= 15 is 0 Å². The summed E-state index contributed by atoms with van der Waals surface area (Å²) in [7, 11) is 0. The van der Waals surface area contributed by atoms with Gasteiger partial charge in [0.2, 0.25) is 0 Å². The fourth-order valence-corrected chi connectivity index (χ4v) is 1.83. The average molecular weight is 317 g/mol. The summed E-state index contributed by atoms with van der Waals surface area (Å²) in [5.74, 6) is 0.273. The smallest absolute Gasteiger partial charge is 0.325 e. The third-order valence-electron chi connectivity index (χ3n) is 2.68. The number of hydrogen-bond acceptors (Lipinski definition) is 8. The van der Waals surface area contributed by atoms with E-state index in [4.69, 9.17) is 15.9 Å². The van der Waals surface area contributed by atoms with E-state index in [1.807, 2.05) is 0 Å². The largest absolute Gasteiger partial charge is 0.459 e. The Labute approximate surface area is 133 Å². The van der Waals surface area contributed by atoms with Crippen LogP contribution in [0, 0.1) is 5.41 Å². The van der Waals surface area contributed by atoms with Gasteiger partial charge < -0.3 is 20.8 Å². The number of nitrogen functional groups attached to an aromatic ring is 1. The number of carbonyl (C=O) groups excluding carboxylic acids is 1. The number of anilines is 2. The minimum absolute atomic E-state index is 0.0276. The molecule has 0 unspecified atom stereocenters. The number of imidazole rings is 1. The molecular formula is C14H19N7O2. The molecular weight excluding hydrogens is 298 g/mol. The predicted octanol–water partition coefficient (Wildman–Crippen LogP) is 0.952. The molecule has 0 fully saturated rings. The molecule has 0 spiro atoms. The number of nitrogens with zero attached hydrogens (tertiary/aromatic N) is 3. The molecule has 0 radical (unpaired) electrons. The van der Waals surface area contributed by atoms with E-state index in [0.29, 0.717) is 5.82 Å². The zero-order chi connectivity index (χ0) is 17.0. The van der Waals surface area contributed by atoms with Crippen molar-refractivity contribution in [1.29, 1.82) is 5.41 Å². The fourth-order valence-electron chi connectivity index (χ4n) is 1.83. The number of nitrogens with one attached hydrogen (secondary N) is 3. The van der Waals surface area contributed by atoms with Crippen LogP contribution in [0.1, 0.15) is 32.2 Å². The lowest BCUT2D eigenvalue weighted by atomic mass is 10.1. The fraction of sp³-hybridized carbons (Fsp3) is 0.357. The second-order valence-electron chi connectivity index (χ2n) is 5.74. The van der Waals surface area contributed by atoms with Crippen LogP contribution in [-0.4, -0.2) is 43.8 Å². The van der Waals surface area contributed by atoms with Gasteiger partial charge in [0.1, 0.15) is 35.8 Å². The van der Waals surface area contributed by atoms with Crippen LogP contribution in [0.4, 0.5) is 11.6 Å². The molecule has 0 aliphatic rings. The first-order valence-electron chi connectivity index (χ1n) is 6.93. The van der Waals surface area contributed by atoms with Gasteiger partial charge >= 0.3 is 5.97 Å². The zero-order valence-electron chi connectivity index (χ0n) is 13.2. The SMILES string of the molecule is CC(C)(C)OC(=O)CNc1ncnc(N)c1C(=N)c1ncc[nH]1. The number of aromatic nitrogens is 4. The zero-order valence-corrected chi connectivity index (χ0v) is 13.2. The number of rotatable bonds is 5. The van der Waals surface area contributed by atoms with Gasteiger partial charge in [0.25, 0.3) is 0 Å². The average Bonchev–Trinajstić information content (AvgIpc) is 2.96. The highest BCUT2D eigenvalue weighted by Gasteiger charge is 2.20. The van der Waals surface area contributed by atoms with Crippen LogP contribution in [0.25, 0.3) is 0 Å². The topological polar surface area (TPSA) is 143 Å². The number of ether oxygens (including phenoxy) is 1. The molecule has 23 heavy (non-hydrogen) atoms. The highest BCUT2D eigenvalue weighted by molar-refractivity contribution is 6.14. The highest BCUT2D eigenvalue weighted by atomic mass is 16.6. The summed E-state index contributed by atoms with van der Waals surface area (Å²) in [6, 6.07) is 0. The van der Waals surface area contributed by atoms with E-state index in [2.05, 4.69) is 25.3 Å². The Balaban J connectivity index is 2.18. The Morgan fingerprint density at radius 3 is 2.74 bits per heavy atom. The van der Waals surface area contributed by atoms with Crippen LogP contribution in [0.5, 0.6) is 0 Å². The number of hydrogen-bond donors (Lipinski definition) is 4. The number of carbonyl (C=O) groups is 1. The van der Waals surface area contributed by atoms with Crippen LogP contribution in [-0.2, 0) is 9.53 Å². The van der Waals surface area contributed by atoms with Gasteiger partial charge in [-0.1, -0.05) is 0 Å². The molecule has 0 saturated carbocycles. The molecule has 9 heteroatoms. The summed E-state index contributed by atoms with van der Waals surface area (Å²) in [5.41, 5.74) is 5.57. The Bertz CT molecular complexity index is 704. The molecule has 2 heterocycles. The first kappa shape index (κ1) is 16.4. The van der Waals surface area contributed by atoms with E-state index in [1.54, 1.807) is 27.0 Å². The van der Waals surface area contributed by atoms with Crippen LogP contribution < -0.4 is 11.1 Å². The van der Waals surface area contributed by atoms with Crippen molar-refractivity contribution in [3.8, 4) is 0 Å². The van der Waals surface area contributed by atoms with Crippen molar-refractivity contribution in [2.75, 3.05) is 17.6 Å². The van der Waals surface area contributed by atoms with E-state index < -0.39 is 11.6 Å². The van der Waals surface area contributed by atoms with E-state index in [0.717, 1.165) is 0 Å². The second-order valence-corrected chi connectivity index (χ2v) is 5.74. The minimum atomic E-state index is -0.576. The van der Waals surface area contributed by atoms with Crippen LogP contribution in [0.2, 0.25) is 0 Å². The van der Waals surface area contributed by atoms with Gasteiger partial charge in [0.15, 0.2) is 5.82 Å². The standard InChI is InChI=1S/C14H19N7O2/c1-14(2,3)23-8(22)6-19-12-9(11(16)20-7-21-12)10(15)13-17-4-5-18-13/h4-5,7,15H,6H2,1-3H3,(H,17,18)(H3,16,19,20,21). The van der Waals surface area contributed by atoms with Gasteiger partial charge in [0.05, 0.1) is 5.56 Å². The van der Waals surface area contributed by atoms with E-state index in [1.165, 1.54) is 12.5 Å². The molecule has 2 aromatic rings. The number of esters is 1. The van der Waals surface area contributed by atoms with Crippen molar-refractivity contribution in [3.05, 3.63) is 30.1 Å². The number of aromatic amines is 1. The molecule has 0 aliphatic heterocycles. The van der Waals surface area contributed by atoms with Gasteiger partial charge in [-0.2, -0.15) is 0 Å². The van der Waals surface area contributed by atoms with Crippen molar-refractivity contribution >= 4 is 23.3 Å². The van der Waals surface area contributed by atoms with Gasteiger partial charge in [0, 0.05) is 12.4 Å². The Morgan fingerprint density at radius 1 is 1.39 bits per heavy atom. The summed E-state index contributed by atoms with van der Waals surface area (Å²) in [4.78, 5) is 26.6. The monoisotopic (exact) mass is 317 g/mol. The summed E-state index contributed by atoms with van der Waals surface area (Å²) in [6.45, 7) is 5.24. The molecule has 0 atom stereocenters. The maximum Gasteiger partial charge on any atom is 0.325 e. The first-order valence-corrected chi connectivity index (χ1v) is 6.93. The molecule has 0 bridgehead atoms. The lowest BCUT2D eigenvalue weighted by Crippen LogP contribution is -2.28. The molecule has 2 aromatic heterocycles. The maximum absolute atomic E-state index is 11.8. The van der Waals surface area contributed by atoms with Gasteiger partial charge in [-0.3, -0.25) is 10.2 Å². The molecule has 2 rings (SSSR count). The molecule has 0 aliphatic carbocycles. The van der Waals surface area contributed by atoms with Crippen molar-refractivity contribution in [3.63, 3.8) is 0 Å². The third kappa shape index (κ3) is 4.25. The van der Waals surface area contributed by atoms with Gasteiger partial charge in [-0.25, -0.2) is 15.0 Å². The lowest BCUT2D eigenvalue weighted by molar-refractivity contribution is -0.152. The summed E-state index contributed by atoms with van der Waals surface area (Å²) in [5, 5.41) is 11.0. The molecule has 9 nitrogen and oxygen atoms in total. The second kappa shape index (κ2) is 6.42. The molecule has 122 valence electrons. The van der Waals surface area contributed by atoms with Gasteiger partial charge in [-0.15, -0.1) is 0 Å². The normalized spacial score (nSPS) is 11.1. The quantitative estimate of drug-likeness (QED) is 0.475. The van der Waals surface area contributed by atoms with Crippen molar-refractivity contribution in [2.24, 2.45) is 0 Å². The van der Waals surface area contributed by atoms with Crippen molar-refractivity contribution in [1.82, 2.24) is 19.9 Å². The third-order valence-corrected chi connectivity index (χ3v) is 2.68. The van der Waals surface area contributed by atoms with E-state index in [9.17, 15) is 4.79 Å². The number of nitrogens with two attached hydrogens (primary N) is 1. The summed E-state index contributed by atoms with van der Waals surface area (Å²) in [6.07, 6.45) is 4.38. The van der Waals surface area contributed by atoms with E-state index in [-0.39, 0.29) is 29.5 Å². The minimum Gasteiger partial charge on any atom is -0.459 e. The lowest BCUT2D eigenvalue weighted by Gasteiger charge is -2.20. The molecule has 5 N–H and O–H groups in total. The molecule has 0 amide bonds. The molecule has 0 aromatic carbocycles. The first-order chi connectivity index (χ1) is 10.8. The van der Waals surface area contributed by atoms with Crippen molar-refractivity contribution < 1.29 is 9.53 Å². The highest BCUT2D eigenvalue weighted by Crippen LogP contribution is 2.20. The van der Waals surface area contributed by atoms with Crippen molar-refractivity contribution in [2.45, 2.75) is 26.4 Å². The van der Waals surface area contributed by atoms with Gasteiger partial charge in [-0.05, 0) is 20.8 Å². The molecule has 0 saturated heterocycles. The maximum atomic E-state index is 11.8. The Kier molecular flexibility index (Phi) is 4.58. The summed E-state index contributed by atoms with van der Waals surface area (Å²) < 4.78 is 5.21. The predicted molar refractivity (Wildman–Crippen MR) is 85.3 cm³/mol. The van der Waals surface area contributed by atoms with Crippen LogP contribution in [0.15, 0.2) is 18.7 Å². The van der Waals surface area contributed by atoms with Crippen LogP contribution >= 0.6 is 0 Å².